The van der Waals surface area contributed by atoms with Crippen LogP contribution in [-0.4, -0.2) is 24.3 Å². The molecule has 2 N–H and O–H groups in total. The molecule has 0 aliphatic carbocycles. The molecule has 2 aromatic carbocycles. The second kappa shape index (κ2) is 7.04. The Hall–Kier alpha value is -3.35. The van der Waals surface area contributed by atoms with Gasteiger partial charge in [0.05, 0.1) is 5.71 Å². The van der Waals surface area contributed by atoms with E-state index in [2.05, 4.69) is 15.8 Å². The van der Waals surface area contributed by atoms with Gasteiger partial charge in [-0.25, -0.2) is 5.43 Å². The lowest BCUT2D eigenvalue weighted by atomic mass is 10.1. The van der Waals surface area contributed by atoms with Crippen molar-refractivity contribution < 1.29 is 19.1 Å². The molecule has 0 saturated heterocycles. The number of aryl methyl sites for hydroxylation is 1. The number of ether oxygens (including phenoxy) is 2. The molecule has 2 aromatic rings. The first-order valence-electron chi connectivity index (χ1n) is 7.65. The third kappa shape index (κ3) is 3.95. The van der Waals surface area contributed by atoms with E-state index in [1.807, 2.05) is 19.1 Å². The van der Waals surface area contributed by atoms with Crippen LogP contribution in [0.5, 0.6) is 11.5 Å². The van der Waals surface area contributed by atoms with Crippen LogP contribution in [-0.2, 0) is 9.59 Å². The van der Waals surface area contributed by atoms with Crippen LogP contribution in [0.15, 0.2) is 47.6 Å². The number of carbonyl (C=O) groups is 2. The van der Waals surface area contributed by atoms with Gasteiger partial charge in [0.25, 0.3) is 0 Å². The molecule has 0 aromatic heterocycles. The second-order valence-electron chi connectivity index (χ2n) is 5.53. The molecular formula is C18H17N3O4. The van der Waals surface area contributed by atoms with Gasteiger partial charge in [0, 0.05) is 11.3 Å². The molecule has 7 heteroatoms. The van der Waals surface area contributed by atoms with Crippen molar-refractivity contribution in [3.05, 3.63) is 53.6 Å². The van der Waals surface area contributed by atoms with Crippen LogP contribution in [0.25, 0.3) is 0 Å². The summed E-state index contributed by atoms with van der Waals surface area (Å²) >= 11 is 0. The minimum absolute atomic E-state index is 0.185. The highest BCUT2D eigenvalue weighted by molar-refractivity contribution is 6.39. The largest absolute Gasteiger partial charge is 0.454 e. The number of hydrogen-bond acceptors (Lipinski definition) is 5. The zero-order valence-corrected chi connectivity index (χ0v) is 13.8. The number of benzene rings is 2. The number of hydrogen-bond donors (Lipinski definition) is 2. The average molecular weight is 339 g/mol. The van der Waals surface area contributed by atoms with Gasteiger partial charge in [0.15, 0.2) is 11.5 Å². The summed E-state index contributed by atoms with van der Waals surface area (Å²) in [6.45, 7) is 3.84. The molecule has 1 aliphatic heterocycles. The van der Waals surface area contributed by atoms with E-state index in [4.69, 9.17) is 9.47 Å². The highest BCUT2D eigenvalue weighted by Gasteiger charge is 2.15. The van der Waals surface area contributed by atoms with E-state index < -0.39 is 11.8 Å². The summed E-state index contributed by atoms with van der Waals surface area (Å²) in [7, 11) is 0. The highest BCUT2D eigenvalue weighted by Crippen LogP contribution is 2.32. The Labute approximate surface area is 144 Å². The maximum absolute atomic E-state index is 11.9. The van der Waals surface area contributed by atoms with Crippen molar-refractivity contribution in [2.75, 3.05) is 12.1 Å². The molecular weight excluding hydrogens is 322 g/mol. The first-order chi connectivity index (χ1) is 12.0. The summed E-state index contributed by atoms with van der Waals surface area (Å²) < 4.78 is 10.5. The van der Waals surface area contributed by atoms with E-state index in [1.54, 1.807) is 37.3 Å². The topological polar surface area (TPSA) is 89.0 Å². The van der Waals surface area contributed by atoms with Crippen LogP contribution in [0.1, 0.15) is 18.1 Å². The Bertz CT molecular complexity index is 844. The Morgan fingerprint density at radius 3 is 2.48 bits per heavy atom. The van der Waals surface area contributed by atoms with Gasteiger partial charge in [0.1, 0.15) is 0 Å². The number of nitrogens with one attached hydrogen (secondary N) is 2. The molecule has 3 rings (SSSR count). The van der Waals surface area contributed by atoms with Crippen LogP contribution < -0.4 is 20.2 Å². The van der Waals surface area contributed by atoms with Crippen molar-refractivity contribution in [1.82, 2.24) is 5.43 Å². The number of hydrazone groups is 1. The standard InChI is InChI=1S/C18H17N3O4/c1-11-3-6-14(7-4-11)19-17(22)18(23)21-20-12(2)13-5-8-15-16(9-13)25-10-24-15/h3-9H,10H2,1-2H3,(H,19,22)(H,21,23)/b20-12-. The van der Waals surface area contributed by atoms with Gasteiger partial charge in [0.2, 0.25) is 6.79 Å². The number of nitrogens with zero attached hydrogens (tertiary/aromatic N) is 1. The van der Waals surface area contributed by atoms with Gasteiger partial charge in [-0.2, -0.15) is 5.10 Å². The van der Waals surface area contributed by atoms with E-state index in [0.717, 1.165) is 11.1 Å². The van der Waals surface area contributed by atoms with E-state index in [9.17, 15) is 9.59 Å². The fourth-order valence-corrected chi connectivity index (χ4v) is 2.20. The summed E-state index contributed by atoms with van der Waals surface area (Å²) in [5.74, 6) is -0.347. The molecule has 7 nitrogen and oxygen atoms in total. The molecule has 0 saturated carbocycles. The smallest absolute Gasteiger partial charge is 0.329 e. The summed E-state index contributed by atoms with van der Waals surface area (Å²) in [5.41, 5.74) is 5.14. The van der Waals surface area contributed by atoms with E-state index in [-0.39, 0.29) is 6.79 Å². The van der Waals surface area contributed by atoms with Gasteiger partial charge >= 0.3 is 11.8 Å². The van der Waals surface area contributed by atoms with Crippen molar-refractivity contribution in [3.8, 4) is 11.5 Å². The lowest BCUT2D eigenvalue weighted by Gasteiger charge is -2.06. The fraction of sp³-hybridized carbons (Fsp3) is 0.167. The number of anilines is 1. The Morgan fingerprint density at radius 2 is 1.72 bits per heavy atom. The van der Waals surface area contributed by atoms with E-state index >= 15 is 0 Å². The van der Waals surface area contributed by atoms with E-state index in [1.165, 1.54) is 0 Å². The van der Waals surface area contributed by atoms with Crippen molar-refractivity contribution in [2.45, 2.75) is 13.8 Å². The number of fused-ring (bicyclic) bond motifs is 1. The Morgan fingerprint density at radius 1 is 1.00 bits per heavy atom. The van der Waals surface area contributed by atoms with Crippen molar-refractivity contribution in [1.29, 1.82) is 0 Å². The van der Waals surface area contributed by atoms with Gasteiger partial charge in [-0.1, -0.05) is 17.7 Å². The lowest BCUT2D eigenvalue weighted by molar-refractivity contribution is -0.136. The number of amides is 2. The van der Waals surface area contributed by atoms with Crippen LogP contribution >= 0.6 is 0 Å². The third-order valence-corrected chi connectivity index (χ3v) is 3.63. The minimum atomic E-state index is -0.847. The van der Waals surface area contributed by atoms with Crippen LogP contribution in [0.2, 0.25) is 0 Å². The molecule has 1 aliphatic rings. The molecule has 1 heterocycles. The molecule has 25 heavy (non-hydrogen) atoms. The first-order valence-corrected chi connectivity index (χ1v) is 7.65. The van der Waals surface area contributed by atoms with Crippen molar-refractivity contribution >= 4 is 23.2 Å². The molecule has 0 spiro atoms. The van der Waals surface area contributed by atoms with Gasteiger partial charge < -0.3 is 14.8 Å². The maximum atomic E-state index is 11.9. The summed E-state index contributed by atoms with van der Waals surface area (Å²) in [5, 5.41) is 6.47. The van der Waals surface area contributed by atoms with Gasteiger partial charge in [-0.05, 0) is 44.2 Å². The Balaban J connectivity index is 1.61. The molecule has 128 valence electrons. The maximum Gasteiger partial charge on any atom is 0.329 e. The lowest BCUT2D eigenvalue weighted by Crippen LogP contribution is -2.32. The summed E-state index contributed by atoms with van der Waals surface area (Å²) in [4.78, 5) is 23.7. The molecule has 0 bridgehead atoms. The molecule has 0 radical (unpaired) electrons. The average Bonchev–Trinajstić information content (AvgIpc) is 3.08. The molecule has 0 atom stereocenters. The van der Waals surface area contributed by atoms with Crippen LogP contribution in [0.3, 0.4) is 0 Å². The number of carbonyl (C=O) groups excluding carboxylic acids is 2. The predicted molar refractivity (Wildman–Crippen MR) is 92.7 cm³/mol. The fourth-order valence-electron chi connectivity index (χ4n) is 2.20. The van der Waals surface area contributed by atoms with Gasteiger partial charge in [-0.15, -0.1) is 0 Å². The van der Waals surface area contributed by atoms with E-state index in [0.29, 0.717) is 22.9 Å². The SMILES string of the molecule is C/C(=N/NC(=O)C(=O)Nc1ccc(C)cc1)c1ccc2c(c1)OCO2. The summed E-state index contributed by atoms with van der Waals surface area (Å²) in [6.07, 6.45) is 0. The van der Waals surface area contributed by atoms with Gasteiger partial charge in [-0.3, -0.25) is 9.59 Å². The second-order valence-corrected chi connectivity index (χ2v) is 5.53. The highest BCUT2D eigenvalue weighted by atomic mass is 16.7. The number of rotatable bonds is 3. The molecule has 0 unspecified atom stereocenters. The summed E-state index contributed by atoms with van der Waals surface area (Å²) in [6, 6.07) is 12.5. The monoisotopic (exact) mass is 339 g/mol. The predicted octanol–water partition coefficient (Wildman–Crippen LogP) is 2.20. The Kier molecular flexibility index (Phi) is 4.65. The molecule has 2 amide bonds. The van der Waals surface area contributed by atoms with Crippen molar-refractivity contribution in [2.24, 2.45) is 5.10 Å². The van der Waals surface area contributed by atoms with Crippen LogP contribution in [0.4, 0.5) is 5.69 Å². The quantitative estimate of drug-likeness (QED) is 0.510. The first kappa shape index (κ1) is 16.5. The third-order valence-electron chi connectivity index (χ3n) is 3.63. The molecule has 0 fully saturated rings. The zero-order valence-electron chi connectivity index (χ0n) is 13.8. The minimum Gasteiger partial charge on any atom is -0.454 e. The van der Waals surface area contributed by atoms with Crippen LogP contribution in [0, 0.1) is 6.92 Å². The normalized spacial score (nSPS) is 12.6. The van der Waals surface area contributed by atoms with Crippen molar-refractivity contribution in [3.63, 3.8) is 0 Å². The zero-order chi connectivity index (χ0) is 17.8.